The molecule has 0 spiro atoms. The van der Waals surface area contributed by atoms with Crippen molar-refractivity contribution in [1.29, 1.82) is 0 Å². The summed E-state index contributed by atoms with van der Waals surface area (Å²) in [5.74, 6) is -1.40. The van der Waals surface area contributed by atoms with E-state index in [0.717, 1.165) is 16.9 Å². The summed E-state index contributed by atoms with van der Waals surface area (Å²) in [6, 6.07) is 22.9. The lowest BCUT2D eigenvalue weighted by molar-refractivity contribution is -0.117. The lowest BCUT2D eigenvalue weighted by Gasteiger charge is -2.24. The Morgan fingerprint density at radius 3 is 2.56 bits per heavy atom. The average molecular weight is 541 g/mol. The molecule has 0 bridgehead atoms. The number of ether oxygens (including phenoxy) is 1. The number of thiazole rings is 1. The molecule has 3 heterocycles. The van der Waals surface area contributed by atoms with E-state index in [0.29, 0.717) is 33.9 Å². The van der Waals surface area contributed by atoms with E-state index < -0.39 is 29.3 Å². The maximum Gasteiger partial charge on any atom is 0.296 e. The highest BCUT2D eigenvalue weighted by molar-refractivity contribution is 7.22. The van der Waals surface area contributed by atoms with E-state index in [4.69, 9.17) is 9.15 Å². The van der Waals surface area contributed by atoms with Crippen molar-refractivity contribution in [3.8, 4) is 5.75 Å². The van der Waals surface area contributed by atoms with Gasteiger partial charge in [-0.3, -0.25) is 14.5 Å². The van der Waals surface area contributed by atoms with Gasteiger partial charge in [-0.25, -0.2) is 9.37 Å². The van der Waals surface area contributed by atoms with Crippen LogP contribution in [0.2, 0.25) is 0 Å². The van der Waals surface area contributed by atoms with Crippen molar-refractivity contribution in [2.75, 3.05) is 4.90 Å². The highest BCUT2D eigenvalue weighted by Crippen LogP contribution is 2.44. The number of aromatic nitrogens is 1. The Morgan fingerprint density at radius 1 is 1.08 bits per heavy atom. The van der Waals surface area contributed by atoms with Crippen molar-refractivity contribution in [3.63, 3.8) is 0 Å². The maximum absolute atomic E-state index is 13.9. The summed E-state index contributed by atoms with van der Waals surface area (Å²) in [4.78, 5) is 32.7. The summed E-state index contributed by atoms with van der Waals surface area (Å²) in [6.07, 6.45) is 0. The van der Waals surface area contributed by atoms with Crippen molar-refractivity contribution in [3.05, 3.63) is 125 Å². The molecule has 1 atom stereocenters. The number of anilines is 1. The van der Waals surface area contributed by atoms with Gasteiger partial charge in [0.2, 0.25) is 5.78 Å². The second kappa shape index (κ2) is 9.85. The first kappa shape index (κ1) is 24.6. The molecule has 9 heteroatoms. The number of hydrogen-bond donors (Lipinski definition) is 1. The molecule has 0 aliphatic carbocycles. The van der Waals surface area contributed by atoms with E-state index in [2.05, 4.69) is 4.98 Å². The molecule has 1 N–H and O–H groups in total. The number of fused-ring (bicyclic) bond motifs is 1. The van der Waals surface area contributed by atoms with E-state index in [1.807, 2.05) is 30.3 Å². The third-order valence-corrected chi connectivity index (χ3v) is 7.42. The molecule has 7 nitrogen and oxygen atoms in total. The Balaban J connectivity index is 1.39. The fourth-order valence-corrected chi connectivity index (χ4v) is 5.53. The molecule has 1 amide bonds. The van der Waals surface area contributed by atoms with Crippen LogP contribution in [0.4, 0.5) is 9.52 Å². The van der Waals surface area contributed by atoms with Gasteiger partial charge < -0.3 is 14.3 Å². The number of halogens is 1. The Kier molecular flexibility index (Phi) is 6.20. The van der Waals surface area contributed by atoms with Gasteiger partial charge in [0.05, 0.1) is 21.8 Å². The van der Waals surface area contributed by atoms with Gasteiger partial charge in [0.1, 0.15) is 23.9 Å². The van der Waals surface area contributed by atoms with Crippen LogP contribution in [0.25, 0.3) is 10.2 Å². The van der Waals surface area contributed by atoms with Gasteiger partial charge in [0.15, 0.2) is 16.7 Å². The van der Waals surface area contributed by atoms with Gasteiger partial charge in [-0.05, 0) is 60.5 Å². The number of aliphatic hydroxyl groups is 1. The van der Waals surface area contributed by atoms with E-state index in [9.17, 15) is 19.1 Å². The van der Waals surface area contributed by atoms with E-state index in [1.54, 1.807) is 37.3 Å². The molecule has 0 radical (unpaired) electrons. The van der Waals surface area contributed by atoms with Crippen LogP contribution in [0.3, 0.4) is 0 Å². The monoisotopic (exact) mass is 540 g/mol. The van der Waals surface area contributed by atoms with Crippen LogP contribution in [-0.4, -0.2) is 21.8 Å². The van der Waals surface area contributed by atoms with Crippen LogP contribution < -0.4 is 9.64 Å². The van der Waals surface area contributed by atoms with E-state index in [1.165, 1.54) is 29.2 Å². The molecule has 0 saturated carbocycles. The summed E-state index contributed by atoms with van der Waals surface area (Å²) in [6.45, 7) is 2.07. The number of aliphatic hydroxyl groups excluding tert-OH is 1. The van der Waals surface area contributed by atoms with Crippen LogP contribution in [0.15, 0.2) is 101 Å². The Hall–Kier alpha value is -4.76. The third kappa shape index (κ3) is 4.57. The molecule has 0 fully saturated rings. The summed E-state index contributed by atoms with van der Waals surface area (Å²) in [7, 11) is 0. The molecule has 1 unspecified atom stereocenters. The minimum atomic E-state index is -0.996. The van der Waals surface area contributed by atoms with Crippen LogP contribution in [0.5, 0.6) is 5.75 Å². The second-order valence-electron chi connectivity index (χ2n) is 9.03. The largest absolute Gasteiger partial charge is 0.503 e. The van der Waals surface area contributed by atoms with Gasteiger partial charge in [0, 0.05) is 0 Å². The van der Waals surface area contributed by atoms with Gasteiger partial charge in [-0.2, -0.15) is 0 Å². The zero-order valence-corrected chi connectivity index (χ0v) is 21.4. The molecular weight excluding hydrogens is 519 g/mol. The SMILES string of the molecule is Cc1ccc(C(=O)C2=C(O)C(=O)N(c3nc4ccc(F)cc4s3)C2c2ccc(OCc3ccccc3)cc2)o1. The summed E-state index contributed by atoms with van der Waals surface area (Å²) in [5.41, 5.74) is 1.93. The van der Waals surface area contributed by atoms with E-state index in [-0.39, 0.29) is 16.5 Å². The first-order valence-electron chi connectivity index (χ1n) is 12.1. The third-order valence-electron chi connectivity index (χ3n) is 6.41. The molecule has 194 valence electrons. The summed E-state index contributed by atoms with van der Waals surface area (Å²) >= 11 is 1.09. The number of amides is 1. The quantitative estimate of drug-likeness (QED) is 0.231. The summed E-state index contributed by atoms with van der Waals surface area (Å²) < 4.78 is 25.8. The van der Waals surface area contributed by atoms with Crippen molar-refractivity contribution < 1.29 is 28.2 Å². The second-order valence-corrected chi connectivity index (χ2v) is 10.0. The fourth-order valence-electron chi connectivity index (χ4n) is 4.52. The zero-order valence-electron chi connectivity index (χ0n) is 20.6. The Morgan fingerprint density at radius 2 is 1.85 bits per heavy atom. The normalized spacial score (nSPS) is 15.4. The molecule has 3 aromatic carbocycles. The Labute approximate surface area is 226 Å². The molecule has 2 aromatic heterocycles. The Bertz CT molecular complexity index is 1740. The van der Waals surface area contributed by atoms with Crippen molar-refractivity contribution in [2.24, 2.45) is 0 Å². The lowest BCUT2D eigenvalue weighted by atomic mass is 9.95. The first-order valence-corrected chi connectivity index (χ1v) is 12.9. The number of ketones is 1. The van der Waals surface area contributed by atoms with Gasteiger partial charge in [0.25, 0.3) is 5.91 Å². The minimum Gasteiger partial charge on any atom is -0.503 e. The number of carbonyl (C=O) groups is 2. The van der Waals surface area contributed by atoms with Crippen molar-refractivity contribution in [2.45, 2.75) is 19.6 Å². The van der Waals surface area contributed by atoms with E-state index >= 15 is 0 Å². The molecule has 1 aliphatic heterocycles. The highest BCUT2D eigenvalue weighted by Gasteiger charge is 2.46. The number of furan rings is 1. The molecule has 5 aromatic rings. The van der Waals surface area contributed by atoms with Crippen molar-refractivity contribution >= 4 is 38.4 Å². The topological polar surface area (TPSA) is 92.9 Å². The highest BCUT2D eigenvalue weighted by atomic mass is 32.1. The number of nitrogens with zero attached hydrogens (tertiary/aromatic N) is 2. The number of rotatable bonds is 7. The van der Waals surface area contributed by atoms with Crippen LogP contribution in [0, 0.1) is 12.7 Å². The number of hydrogen-bond acceptors (Lipinski definition) is 7. The van der Waals surface area contributed by atoms with Gasteiger partial charge in [-0.15, -0.1) is 0 Å². The molecule has 0 saturated heterocycles. The first-order chi connectivity index (χ1) is 18.9. The number of carbonyl (C=O) groups excluding carboxylic acids is 2. The maximum atomic E-state index is 13.9. The number of Topliss-reactive ketones (excluding diaryl/α,β-unsaturated/α-hetero) is 1. The smallest absolute Gasteiger partial charge is 0.296 e. The molecule has 6 rings (SSSR count). The average Bonchev–Trinajstić information content (AvgIpc) is 3.63. The predicted molar refractivity (Wildman–Crippen MR) is 144 cm³/mol. The standard InChI is InChI=1S/C30H21FN2O5S/c1-17-7-14-23(38-17)27(34)25-26(19-8-11-21(12-9-19)37-16-18-5-3-2-4-6-18)33(29(36)28(25)35)30-32-22-13-10-20(31)15-24(22)39-30/h2-15,26,35H,16H2,1H3. The number of aryl methyl sites for hydroxylation is 1. The van der Waals surface area contributed by atoms with Crippen LogP contribution in [0.1, 0.15) is 33.5 Å². The molecule has 1 aliphatic rings. The van der Waals surface area contributed by atoms with Crippen LogP contribution in [-0.2, 0) is 11.4 Å². The van der Waals surface area contributed by atoms with Crippen LogP contribution >= 0.6 is 11.3 Å². The molecular formula is C30H21FN2O5S. The van der Waals surface area contributed by atoms with Crippen molar-refractivity contribution in [1.82, 2.24) is 4.98 Å². The minimum absolute atomic E-state index is 0.00267. The van der Waals surface area contributed by atoms with Gasteiger partial charge in [-0.1, -0.05) is 53.8 Å². The predicted octanol–water partition coefficient (Wildman–Crippen LogP) is 6.70. The summed E-state index contributed by atoms with van der Waals surface area (Å²) in [5, 5.41) is 11.2. The fraction of sp³-hybridized carbons (Fsp3) is 0.100. The zero-order chi connectivity index (χ0) is 27.1. The van der Waals surface area contributed by atoms with Gasteiger partial charge >= 0.3 is 0 Å². The molecule has 39 heavy (non-hydrogen) atoms. The number of benzene rings is 3. The lowest BCUT2D eigenvalue weighted by Crippen LogP contribution is -2.30.